The smallest absolute Gasteiger partial charge is 0.462 e. The lowest BCUT2D eigenvalue weighted by Gasteiger charge is -2.20. The van der Waals surface area contributed by atoms with Crippen molar-refractivity contribution in [2.75, 3.05) is 39.6 Å². The summed E-state index contributed by atoms with van der Waals surface area (Å²) in [6.45, 7) is -0.821. The Morgan fingerprint density at radius 3 is 1.76 bits per heavy atom. The van der Waals surface area contributed by atoms with E-state index in [9.17, 15) is 33.6 Å². The Kier molecular flexibility index (Phi) is 17.0. The maximum Gasteiger partial charge on any atom is 0.472 e. The summed E-state index contributed by atoms with van der Waals surface area (Å²) in [5.74, 6) is -1.20. The van der Waals surface area contributed by atoms with Gasteiger partial charge in [-0.05, 0) is 6.42 Å². The van der Waals surface area contributed by atoms with Crippen molar-refractivity contribution in [2.24, 2.45) is 0 Å². The van der Waals surface area contributed by atoms with Gasteiger partial charge in [0.25, 0.3) is 0 Å². The van der Waals surface area contributed by atoms with Gasteiger partial charge in [0.05, 0.1) is 33.0 Å². The summed E-state index contributed by atoms with van der Waals surface area (Å²) in [4.78, 5) is 42.3. The van der Waals surface area contributed by atoms with Crippen molar-refractivity contribution < 1.29 is 71.4 Å². The number of rotatable bonds is 20. The second-order valence-corrected chi connectivity index (χ2v) is 9.77. The van der Waals surface area contributed by atoms with Gasteiger partial charge in [-0.15, -0.1) is 0 Å². The van der Waals surface area contributed by atoms with E-state index in [0.717, 1.165) is 6.42 Å². The minimum Gasteiger partial charge on any atom is -0.462 e. The Morgan fingerprint density at radius 1 is 0.794 bits per heavy atom. The van der Waals surface area contributed by atoms with Crippen molar-refractivity contribution in [3.63, 3.8) is 0 Å². The molecule has 0 aliphatic heterocycles. The summed E-state index contributed by atoms with van der Waals surface area (Å²) >= 11 is 0. The van der Waals surface area contributed by atoms with Gasteiger partial charge in [0.1, 0.15) is 18.8 Å². The number of hydrogen-bond acceptors (Lipinski definition) is 13. The van der Waals surface area contributed by atoms with Gasteiger partial charge in [0, 0.05) is 12.8 Å². The third-order valence-electron chi connectivity index (χ3n) is 3.68. The van der Waals surface area contributed by atoms with Crippen molar-refractivity contribution in [1.29, 1.82) is 0 Å². The van der Waals surface area contributed by atoms with Crippen LogP contribution in [0.1, 0.15) is 39.5 Å². The summed E-state index contributed by atoms with van der Waals surface area (Å²) in [6.07, 6.45) is -2.84. The molecule has 0 saturated carbocycles. The molecule has 0 aliphatic rings. The topological polar surface area (TPSA) is 225 Å². The van der Waals surface area contributed by atoms with Crippen LogP contribution in [0.5, 0.6) is 0 Å². The van der Waals surface area contributed by atoms with E-state index < -0.39 is 85.5 Å². The highest BCUT2D eigenvalue weighted by Gasteiger charge is 2.29. The third-order valence-corrected chi connectivity index (χ3v) is 5.58. The number of aliphatic hydroxyl groups excluding tert-OH is 3. The Labute approximate surface area is 197 Å². The highest BCUT2D eigenvalue weighted by atomic mass is 31.2. The van der Waals surface area contributed by atoms with E-state index in [2.05, 4.69) is 13.6 Å². The van der Waals surface area contributed by atoms with Crippen LogP contribution in [0.15, 0.2) is 0 Å². The molecule has 0 rings (SSSR count). The number of aliphatic hydroxyl groups is 3. The van der Waals surface area contributed by atoms with Crippen LogP contribution in [0.4, 0.5) is 0 Å². The number of hydrogen-bond donors (Lipinski definition) is 5. The fourth-order valence-electron chi connectivity index (χ4n) is 1.86. The molecule has 5 atom stereocenters. The van der Waals surface area contributed by atoms with Gasteiger partial charge in [0.15, 0.2) is 6.10 Å². The molecule has 202 valence electrons. The molecule has 0 aromatic heterocycles. The number of unbranched alkanes of at least 4 members (excludes halogenated alkanes) is 1. The zero-order chi connectivity index (χ0) is 26.2. The molecule has 34 heavy (non-hydrogen) atoms. The molecule has 0 aromatic rings. The van der Waals surface area contributed by atoms with E-state index in [1.165, 1.54) is 0 Å². The maximum atomic E-state index is 12.0. The van der Waals surface area contributed by atoms with E-state index in [1.807, 2.05) is 6.92 Å². The first kappa shape index (κ1) is 33.0. The van der Waals surface area contributed by atoms with Crippen LogP contribution in [0.2, 0.25) is 0 Å². The van der Waals surface area contributed by atoms with E-state index in [4.69, 9.17) is 24.2 Å². The van der Waals surface area contributed by atoms with Crippen LogP contribution in [0.3, 0.4) is 0 Å². The molecule has 0 fully saturated rings. The zero-order valence-corrected chi connectivity index (χ0v) is 20.8. The first-order chi connectivity index (χ1) is 15.8. The minimum absolute atomic E-state index is 0.0623. The van der Waals surface area contributed by atoms with Gasteiger partial charge in [-0.25, -0.2) is 9.13 Å². The Hall–Kier alpha value is -0.960. The summed E-state index contributed by atoms with van der Waals surface area (Å²) in [6, 6.07) is 0. The fourth-order valence-corrected chi connectivity index (χ4v) is 3.45. The molecular weight excluding hydrogens is 506 g/mol. The molecule has 17 heteroatoms. The molecular formula is C17H34O15P2. The largest absolute Gasteiger partial charge is 0.472 e. The molecule has 0 heterocycles. The molecule has 0 bridgehead atoms. The SMILES string of the molecule is CCCCC(=O)O[C@H](COC(=O)CC)COP(=O)(O)OC[C@@H](O)COP(=O)(O)OC[C@H](O)CO. The number of carbonyl (C=O) groups excluding carboxylic acids is 2. The predicted octanol–water partition coefficient (Wildman–Crippen LogP) is 0.0229. The maximum absolute atomic E-state index is 12.0. The standard InChI is InChI=1S/C17H34O15P2/c1-3-5-6-17(22)32-15(11-27-16(21)4-2)12-31-34(25,26)30-10-14(20)9-29-33(23,24)28-8-13(19)7-18/h13-15,18-20H,3-12H2,1-2H3,(H,23,24)(H,25,26)/t13-,14+,15-/m1/s1. The van der Waals surface area contributed by atoms with Crippen molar-refractivity contribution >= 4 is 27.6 Å². The quantitative estimate of drug-likeness (QED) is 0.101. The first-order valence-corrected chi connectivity index (χ1v) is 13.4. The minimum atomic E-state index is -4.78. The van der Waals surface area contributed by atoms with E-state index in [1.54, 1.807) is 6.92 Å². The number of phosphoric ester groups is 2. The van der Waals surface area contributed by atoms with Crippen molar-refractivity contribution in [3.05, 3.63) is 0 Å². The van der Waals surface area contributed by atoms with Crippen LogP contribution in [-0.4, -0.2) is 95.0 Å². The second kappa shape index (κ2) is 17.5. The fraction of sp³-hybridized carbons (Fsp3) is 0.882. The van der Waals surface area contributed by atoms with Gasteiger partial charge in [-0.2, -0.15) is 0 Å². The van der Waals surface area contributed by atoms with Crippen LogP contribution in [-0.2, 0) is 46.3 Å². The number of esters is 2. The summed E-state index contributed by atoms with van der Waals surface area (Å²) in [5, 5.41) is 27.4. The molecule has 0 aliphatic carbocycles. The first-order valence-electron chi connectivity index (χ1n) is 10.4. The van der Waals surface area contributed by atoms with E-state index in [-0.39, 0.29) is 12.8 Å². The second-order valence-electron chi connectivity index (χ2n) is 6.86. The highest BCUT2D eigenvalue weighted by molar-refractivity contribution is 7.47. The molecule has 0 amide bonds. The average Bonchev–Trinajstić information content (AvgIpc) is 2.80. The lowest BCUT2D eigenvalue weighted by atomic mass is 10.2. The van der Waals surface area contributed by atoms with E-state index in [0.29, 0.717) is 6.42 Å². The summed E-state index contributed by atoms with van der Waals surface area (Å²) in [5.41, 5.74) is 0. The Bertz CT molecular complexity index is 688. The summed E-state index contributed by atoms with van der Waals surface area (Å²) < 4.78 is 51.6. The van der Waals surface area contributed by atoms with Crippen LogP contribution in [0.25, 0.3) is 0 Å². The predicted molar refractivity (Wildman–Crippen MR) is 113 cm³/mol. The highest BCUT2D eigenvalue weighted by Crippen LogP contribution is 2.45. The van der Waals surface area contributed by atoms with Gasteiger partial charge < -0.3 is 34.6 Å². The molecule has 0 saturated heterocycles. The molecule has 0 aromatic carbocycles. The van der Waals surface area contributed by atoms with Gasteiger partial charge >= 0.3 is 27.6 Å². The van der Waals surface area contributed by atoms with Crippen molar-refractivity contribution in [3.8, 4) is 0 Å². The van der Waals surface area contributed by atoms with Gasteiger partial charge in [-0.3, -0.25) is 27.7 Å². The summed E-state index contributed by atoms with van der Waals surface area (Å²) in [7, 11) is -9.47. The number of phosphoric acid groups is 2. The molecule has 0 spiro atoms. The van der Waals surface area contributed by atoms with Gasteiger partial charge in [-0.1, -0.05) is 20.3 Å². The molecule has 2 unspecified atom stereocenters. The van der Waals surface area contributed by atoms with Crippen LogP contribution in [0, 0.1) is 0 Å². The van der Waals surface area contributed by atoms with Crippen molar-refractivity contribution in [1.82, 2.24) is 0 Å². The molecule has 0 radical (unpaired) electrons. The van der Waals surface area contributed by atoms with Crippen LogP contribution < -0.4 is 0 Å². The van der Waals surface area contributed by atoms with Gasteiger partial charge in [0.2, 0.25) is 0 Å². The van der Waals surface area contributed by atoms with Crippen molar-refractivity contribution in [2.45, 2.75) is 57.8 Å². The molecule has 15 nitrogen and oxygen atoms in total. The lowest BCUT2D eigenvalue weighted by Crippen LogP contribution is -2.29. The molecule has 5 N–H and O–H groups in total. The number of carbonyl (C=O) groups is 2. The Morgan fingerprint density at radius 2 is 1.29 bits per heavy atom. The van der Waals surface area contributed by atoms with Crippen LogP contribution >= 0.6 is 15.6 Å². The third kappa shape index (κ3) is 17.5. The zero-order valence-electron chi connectivity index (χ0n) is 19.0. The average molecular weight is 540 g/mol. The number of ether oxygens (including phenoxy) is 2. The monoisotopic (exact) mass is 540 g/mol. The Balaban J connectivity index is 4.60. The van der Waals surface area contributed by atoms with E-state index >= 15 is 0 Å². The lowest BCUT2D eigenvalue weighted by molar-refractivity contribution is -0.161. The normalized spacial score (nSPS) is 17.7.